The van der Waals surface area contributed by atoms with E-state index in [0.717, 1.165) is 29.7 Å². The minimum Gasteiger partial charge on any atom is -0.497 e. The summed E-state index contributed by atoms with van der Waals surface area (Å²) in [7, 11) is 1.65. The highest BCUT2D eigenvalue weighted by Crippen LogP contribution is 2.26. The molecule has 1 heterocycles. The fourth-order valence-electron chi connectivity index (χ4n) is 3.34. The quantitative estimate of drug-likeness (QED) is 0.706. The topological polar surface area (TPSA) is 38.8 Å². The van der Waals surface area contributed by atoms with Crippen LogP contribution in [-0.4, -0.2) is 36.6 Å². The Morgan fingerprint density at radius 2 is 1.92 bits per heavy atom. The first-order chi connectivity index (χ1) is 12.7. The van der Waals surface area contributed by atoms with Gasteiger partial charge in [0, 0.05) is 18.2 Å². The van der Waals surface area contributed by atoms with Gasteiger partial charge in [-0.15, -0.1) is 6.58 Å². The van der Waals surface area contributed by atoms with Gasteiger partial charge in [0.05, 0.1) is 19.8 Å². The predicted octanol–water partition coefficient (Wildman–Crippen LogP) is 4.07. The summed E-state index contributed by atoms with van der Waals surface area (Å²) in [6.07, 6.45) is 3.53. The third kappa shape index (κ3) is 4.33. The van der Waals surface area contributed by atoms with E-state index in [1.165, 1.54) is 0 Å². The van der Waals surface area contributed by atoms with Gasteiger partial charge in [0.2, 0.25) is 0 Å². The van der Waals surface area contributed by atoms with Crippen molar-refractivity contribution >= 4 is 5.91 Å². The largest absolute Gasteiger partial charge is 0.497 e. The van der Waals surface area contributed by atoms with Gasteiger partial charge in [-0.1, -0.05) is 36.4 Å². The summed E-state index contributed by atoms with van der Waals surface area (Å²) in [5.41, 5.74) is 1.82. The molecule has 0 spiro atoms. The van der Waals surface area contributed by atoms with Crippen molar-refractivity contribution in [3.8, 4) is 5.75 Å². The number of hydrogen-bond donors (Lipinski definition) is 0. The molecule has 0 aliphatic carbocycles. The number of rotatable bonds is 7. The standard InChI is InChI=1S/C22H25NO3/c1-3-7-19-14-21(26-16-17-10-12-20(25-2)13-11-17)15-23(19)22(24)18-8-5-4-6-9-18/h3-6,8-13,19,21H,1,7,14-16H2,2H3/t19-,21-/m1/s1. The molecule has 2 aromatic carbocycles. The highest BCUT2D eigenvalue weighted by atomic mass is 16.5. The fourth-order valence-corrected chi connectivity index (χ4v) is 3.34. The van der Waals surface area contributed by atoms with Crippen molar-refractivity contribution in [2.75, 3.05) is 13.7 Å². The van der Waals surface area contributed by atoms with Crippen LogP contribution in [0.15, 0.2) is 67.3 Å². The summed E-state index contributed by atoms with van der Waals surface area (Å²) in [6.45, 7) is 4.98. The molecule has 0 radical (unpaired) electrons. The van der Waals surface area contributed by atoms with Crippen LogP contribution in [0, 0.1) is 0 Å². The normalized spacial score (nSPS) is 19.3. The van der Waals surface area contributed by atoms with Gasteiger partial charge in [-0.2, -0.15) is 0 Å². The Morgan fingerprint density at radius 1 is 1.19 bits per heavy atom. The maximum absolute atomic E-state index is 12.8. The van der Waals surface area contributed by atoms with E-state index in [-0.39, 0.29) is 18.1 Å². The first kappa shape index (κ1) is 18.2. The molecule has 1 aliphatic heterocycles. The molecular weight excluding hydrogens is 326 g/mol. The van der Waals surface area contributed by atoms with Gasteiger partial charge in [0.25, 0.3) is 5.91 Å². The summed E-state index contributed by atoms with van der Waals surface area (Å²) >= 11 is 0. The highest BCUT2D eigenvalue weighted by Gasteiger charge is 2.35. The smallest absolute Gasteiger partial charge is 0.254 e. The van der Waals surface area contributed by atoms with Crippen LogP contribution in [0.2, 0.25) is 0 Å². The molecule has 0 saturated carbocycles. The number of methoxy groups -OCH3 is 1. The van der Waals surface area contributed by atoms with E-state index in [1.807, 2.05) is 65.6 Å². The molecule has 0 N–H and O–H groups in total. The van der Waals surface area contributed by atoms with Crippen molar-refractivity contribution in [2.45, 2.75) is 31.6 Å². The molecule has 4 heteroatoms. The van der Waals surface area contributed by atoms with Crippen molar-refractivity contribution < 1.29 is 14.3 Å². The zero-order valence-corrected chi connectivity index (χ0v) is 15.1. The Kier molecular flexibility index (Phi) is 6.08. The highest BCUT2D eigenvalue weighted by molar-refractivity contribution is 5.94. The Morgan fingerprint density at radius 3 is 2.58 bits per heavy atom. The minimum atomic E-state index is 0.0368. The average Bonchev–Trinajstić information content (AvgIpc) is 3.10. The van der Waals surface area contributed by atoms with Crippen molar-refractivity contribution in [3.05, 3.63) is 78.4 Å². The Hall–Kier alpha value is -2.59. The summed E-state index contributed by atoms with van der Waals surface area (Å²) < 4.78 is 11.3. The SMILES string of the molecule is C=CC[C@@H]1C[C@@H](OCc2ccc(OC)cc2)CN1C(=O)c1ccccc1. The molecule has 1 aliphatic rings. The van der Waals surface area contributed by atoms with Crippen LogP contribution in [0.25, 0.3) is 0 Å². The van der Waals surface area contributed by atoms with Crippen LogP contribution in [0.5, 0.6) is 5.75 Å². The lowest BCUT2D eigenvalue weighted by Crippen LogP contribution is -2.35. The zero-order chi connectivity index (χ0) is 18.4. The number of carbonyl (C=O) groups excluding carboxylic acids is 1. The monoisotopic (exact) mass is 351 g/mol. The average molecular weight is 351 g/mol. The van der Waals surface area contributed by atoms with E-state index in [9.17, 15) is 4.79 Å². The summed E-state index contributed by atoms with van der Waals surface area (Å²) in [5, 5.41) is 0. The molecule has 1 fully saturated rings. The van der Waals surface area contributed by atoms with Gasteiger partial charge in [0.1, 0.15) is 5.75 Å². The molecule has 26 heavy (non-hydrogen) atoms. The number of likely N-dealkylation sites (tertiary alicyclic amines) is 1. The molecule has 1 amide bonds. The second-order valence-corrected chi connectivity index (χ2v) is 6.52. The third-order valence-electron chi connectivity index (χ3n) is 4.74. The maximum Gasteiger partial charge on any atom is 0.254 e. The van der Waals surface area contributed by atoms with E-state index in [1.54, 1.807) is 7.11 Å². The number of ether oxygens (including phenoxy) is 2. The van der Waals surface area contributed by atoms with E-state index < -0.39 is 0 Å². The lowest BCUT2D eigenvalue weighted by atomic mass is 10.1. The van der Waals surface area contributed by atoms with Crippen molar-refractivity contribution in [2.24, 2.45) is 0 Å². The molecule has 0 unspecified atom stereocenters. The van der Waals surface area contributed by atoms with Crippen molar-refractivity contribution in [3.63, 3.8) is 0 Å². The first-order valence-corrected chi connectivity index (χ1v) is 8.92. The van der Waals surface area contributed by atoms with Gasteiger partial charge in [-0.3, -0.25) is 4.79 Å². The van der Waals surface area contributed by atoms with Crippen molar-refractivity contribution in [1.29, 1.82) is 0 Å². The fraction of sp³-hybridized carbons (Fsp3) is 0.318. The van der Waals surface area contributed by atoms with Gasteiger partial charge in [0.15, 0.2) is 0 Å². The third-order valence-corrected chi connectivity index (χ3v) is 4.74. The summed E-state index contributed by atoms with van der Waals surface area (Å²) in [5.74, 6) is 0.897. The molecule has 0 bridgehead atoms. The van der Waals surface area contributed by atoms with E-state index in [2.05, 4.69) is 6.58 Å². The Balaban J connectivity index is 1.62. The van der Waals surface area contributed by atoms with E-state index >= 15 is 0 Å². The molecule has 0 aromatic heterocycles. The number of carbonyl (C=O) groups is 1. The lowest BCUT2D eigenvalue weighted by Gasteiger charge is -2.23. The molecule has 2 aromatic rings. The van der Waals surface area contributed by atoms with Crippen LogP contribution < -0.4 is 4.74 Å². The van der Waals surface area contributed by atoms with Crippen LogP contribution in [0.3, 0.4) is 0 Å². The second kappa shape index (κ2) is 8.68. The van der Waals surface area contributed by atoms with E-state index in [0.29, 0.717) is 13.2 Å². The zero-order valence-electron chi connectivity index (χ0n) is 15.1. The number of benzene rings is 2. The van der Waals surface area contributed by atoms with Crippen molar-refractivity contribution in [1.82, 2.24) is 4.90 Å². The van der Waals surface area contributed by atoms with Gasteiger partial charge in [-0.05, 0) is 42.7 Å². The molecule has 3 rings (SSSR count). The van der Waals surface area contributed by atoms with Crippen LogP contribution in [-0.2, 0) is 11.3 Å². The number of amides is 1. The summed E-state index contributed by atoms with van der Waals surface area (Å²) in [4.78, 5) is 14.8. The van der Waals surface area contributed by atoms with Gasteiger partial charge < -0.3 is 14.4 Å². The maximum atomic E-state index is 12.8. The molecule has 2 atom stereocenters. The van der Waals surface area contributed by atoms with Crippen LogP contribution in [0.4, 0.5) is 0 Å². The van der Waals surface area contributed by atoms with Gasteiger partial charge >= 0.3 is 0 Å². The first-order valence-electron chi connectivity index (χ1n) is 8.92. The van der Waals surface area contributed by atoms with E-state index in [4.69, 9.17) is 9.47 Å². The summed E-state index contributed by atoms with van der Waals surface area (Å²) in [6, 6.07) is 17.4. The molecule has 136 valence electrons. The molecule has 1 saturated heterocycles. The predicted molar refractivity (Wildman–Crippen MR) is 102 cm³/mol. The Bertz CT molecular complexity index is 727. The molecule has 4 nitrogen and oxygen atoms in total. The van der Waals surface area contributed by atoms with Gasteiger partial charge in [-0.25, -0.2) is 0 Å². The number of nitrogens with zero attached hydrogens (tertiary/aromatic N) is 1. The van der Waals surface area contributed by atoms with Crippen LogP contribution in [0.1, 0.15) is 28.8 Å². The van der Waals surface area contributed by atoms with Crippen LogP contribution >= 0.6 is 0 Å². The number of hydrogen-bond acceptors (Lipinski definition) is 3. The second-order valence-electron chi connectivity index (χ2n) is 6.52. The lowest BCUT2D eigenvalue weighted by molar-refractivity contribution is 0.0437. The Labute approximate surface area is 155 Å². The molecular formula is C22H25NO3. The minimum absolute atomic E-state index is 0.0368.